The standard InChI is InChI=1S/C20H18N4O3S/c1-26-15-6-7-16(18(11-15)27-2)22-19(25)21-14-5-3-4-13(10-14)17-12-24-8-9-28-20(24)23-17/h3-12H,1-2H3,(H2,21,22,25). The SMILES string of the molecule is COc1ccc(NC(=O)Nc2cccc(-c3cn4ccsc4n3)c2)c(OC)c1. The quantitative estimate of drug-likeness (QED) is 0.513. The van der Waals surface area contributed by atoms with Crippen molar-refractivity contribution in [2.24, 2.45) is 0 Å². The minimum atomic E-state index is -0.369. The zero-order valence-corrected chi connectivity index (χ0v) is 16.1. The summed E-state index contributed by atoms with van der Waals surface area (Å²) in [4.78, 5) is 17.9. The maximum atomic E-state index is 12.4. The molecule has 28 heavy (non-hydrogen) atoms. The average molecular weight is 394 g/mol. The number of carbonyl (C=O) groups excluding carboxylic acids is 1. The second-order valence-electron chi connectivity index (χ2n) is 5.95. The molecule has 0 aliphatic rings. The van der Waals surface area contributed by atoms with Gasteiger partial charge in [-0.05, 0) is 24.3 Å². The minimum Gasteiger partial charge on any atom is -0.497 e. The molecule has 0 atom stereocenters. The number of ether oxygens (including phenoxy) is 2. The molecule has 0 spiro atoms. The highest BCUT2D eigenvalue weighted by atomic mass is 32.1. The lowest BCUT2D eigenvalue weighted by atomic mass is 10.1. The Hall–Kier alpha value is -3.52. The van der Waals surface area contributed by atoms with E-state index in [0.717, 1.165) is 16.2 Å². The number of thiazole rings is 1. The van der Waals surface area contributed by atoms with Gasteiger partial charge in [0, 0.05) is 35.1 Å². The molecular weight excluding hydrogens is 376 g/mol. The molecule has 4 aromatic rings. The van der Waals surface area contributed by atoms with Crippen LogP contribution in [0.2, 0.25) is 0 Å². The van der Waals surface area contributed by atoms with Crippen molar-refractivity contribution in [3.05, 3.63) is 60.2 Å². The summed E-state index contributed by atoms with van der Waals surface area (Å²) in [5, 5.41) is 7.62. The molecule has 7 nitrogen and oxygen atoms in total. The van der Waals surface area contributed by atoms with Gasteiger partial charge in [0.05, 0.1) is 25.6 Å². The van der Waals surface area contributed by atoms with Gasteiger partial charge in [0.1, 0.15) is 11.5 Å². The van der Waals surface area contributed by atoms with Crippen molar-refractivity contribution >= 4 is 33.7 Å². The maximum absolute atomic E-state index is 12.4. The molecule has 0 unspecified atom stereocenters. The summed E-state index contributed by atoms with van der Waals surface area (Å²) >= 11 is 1.58. The molecule has 142 valence electrons. The van der Waals surface area contributed by atoms with Gasteiger partial charge in [-0.25, -0.2) is 9.78 Å². The first-order valence-corrected chi connectivity index (χ1v) is 9.37. The second-order valence-corrected chi connectivity index (χ2v) is 6.82. The summed E-state index contributed by atoms with van der Waals surface area (Å²) < 4.78 is 12.4. The van der Waals surface area contributed by atoms with Crippen molar-refractivity contribution in [2.75, 3.05) is 24.9 Å². The first-order chi connectivity index (χ1) is 13.7. The van der Waals surface area contributed by atoms with Crippen molar-refractivity contribution in [1.29, 1.82) is 0 Å². The lowest BCUT2D eigenvalue weighted by Gasteiger charge is -2.12. The number of aromatic nitrogens is 2. The lowest BCUT2D eigenvalue weighted by molar-refractivity contribution is 0.262. The zero-order valence-electron chi connectivity index (χ0n) is 15.3. The average Bonchev–Trinajstić information content (AvgIpc) is 3.30. The minimum absolute atomic E-state index is 0.369. The smallest absolute Gasteiger partial charge is 0.323 e. The maximum Gasteiger partial charge on any atom is 0.323 e. The summed E-state index contributed by atoms with van der Waals surface area (Å²) in [5.74, 6) is 1.16. The fourth-order valence-electron chi connectivity index (χ4n) is 2.81. The number of methoxy groups -OCH3 is 2. The van der Waals surface area contributed by atoms with Crippen molar-refractivity contribution in [3.8, 4) is 22.8 Å². The van der Waals surface area contributed by atoms with E-state index in [1.165, 1.54) is 7.11 Å². The van der Waals surface area contributed by atoms with Crippen LogP contribution < -0.4 is 20.1 Å². The Labute approximate surface area is 165 Å². The predicted octanol–water partition coefficient (Wildman–Crippen LogP) is 4.72. The Bertz CT molecular complexity index is 1110. The number of fused-ring (bicyclic) bond motifs is 1. The summed E-state index contributed by atoms with van der Waals surface area (Å²) in [6.07, 6.45) is 3.93. The van der Waals surface area contributed by atoms with Crippen LogP contribution in [0.1, 0.15) is 0 Å². The fraction of sp³-hybridized carbons (Fsp3) is 0.100. The first kappa shape index (κ1) is 17.9. The van der Waals surface area contributed by atoms with Gasteiger partial charge in [-0.3, -0.25) is 4.40 Å². The van der Waals surface area contributed by atoms with Crippen LogP contribution in [-0.2, 0) is 0 Å². The van der Waals surface area contributed by atoms with Crippen LogP contribution >= 0.6 is 11.3 Å². The van der Waals surface area contributed by atoms with Crippen molar-refractivity contribution in [3.63, 3.8) is 0 Å². The molecule has 0 aliphatic heterocycles. The van der Waals surface area contributed by atoms with Gasteiger partial charge in [-0.2, -0.15) is 0 Å². The van der Waals surface area contributed by atoms with Crippen LogP contribution in [0.3, 0.4) is 0 Å². The highest BCUT2D eigenvalue weighted by Gasteiger charge is 2.10. The van der Waals surface area contributed by atoms with E-state index < -0.39 is 0 Å². The molecular formula is C20H18N4O3S. The van der Waals surface area contributed by atoms with Crippen LogP contribution in [0.15, 0.2) is 60.2 Å². The summed E-state index contributed by atoms with van der Waals surface area (Å²) in [6, 6.07) is 12.4. The summed E-state index contributed by atoms with van der Waals surface area (Å²) in [6.45, 7) is 0. The Morgan fingerprint density at radius 3 is 2.79 bits per heavy atom. The first-order valence-electron chi connectivity index (χ1n) is 8.49. The van der Waals surface area contributed by atoms with Crippen LogP contribution in [0.25, 0.3) is 16.2 Å². The van der Waals surface area contributed by atoms with Crippen LogP contribution in [0.4, 0.5) is 16.2 Å². The van der Waals surface area contributed by atoms with E-state index in [-0.39, 0.29) is 6.03 Å². The normalized spacial score (nSPS) is 10.6. The molecule has 0 aliphatic carbocycles. The Morgan fingerprint density at radius 2 is 2.00 bits per heavy atom. The Kier molecular flexibility index (Phi) is 4.86. The topological polar surface area (TPSA) is 76.9 Å². The number of nitrogens with zero attached hydrogens (tertiary/aromatic N) is 2. The third-order valence-corrected chi connectivity index (χ3v) is 4.94. The van der Waals surface area contributed by atoms with Crippen LogP contribution in [0, 0.1) is 0 Å². The van der Waals surface area contributed by atoms with Gasteiger partial charge in [0.25, 0.3) is 0 Å². The molecule has 2 aromatic heterocycles. The number of urea groups is 1. The van der Waals surface area contributed by atoms with Gasteiger partial charge < -0.3 is 20.1 Å². The lowest BCUT2D eigenvalue weighted by Crippen LogP contribution is -2.19. The summed E-state index contributed by atoms with van der Waals surface area (Å²) in [7, 11) is 3.11. The van der Waals surface area contributed by atoms with Crippen LogP contribution in [-0.4, -0.2) is 29.6 Å². The molecule has 0 radical (unpaired) electrons. The highest BCUT2D eigenvalue weighted by Crippen LogP contribution is 2.29. The van der Waals surface area contributed by atoms with Gasteiger partial charge in [0.15, 0.2) is 4.96 Å². The molecule has 0 fully saturated rings. The molecule has 2 N–H and O–H groups in total. The number of anilines is 2. The fourth-order valence-corrected chi connectivity index (χ4v) is 3.51. The molecule has 0 saturated heterocycles. The Balaban J connectivity index is 1.50. The molecule has 4 rings (SSSR count). The summed E-state index contributed by atoms with van der Waals surface area (Å²) in [5.41, 5.74) is 2.99. The van der Waals surface area contributed by atoms with Gasteiger partial charge in [-0.1, -0.05) is 12.1 Å². The zero-order chi connectivity index (χ0) is 19.5. The highest BCUT2D eigenvalue weighted by molar-refractivity contribution is 7.15. The number of nitrogens with one attached hydrogen (secondary N) is 2. The number of amides is 2. The number of hydrogen-bond acceptors (Lipinski definition) is 5. The van der Waals surface area contributed by atoms with E-state index in [1.54, 1.807) is 36.6 Å². The second kappa shape index (κ2) is 7.61. The third kappa shape index (κ3) is 3.63. The molecule has 2 heterocycles. The van der Waals surface area contributed by atoms with Gasteiger partial charge >= 0.3 is 6.03 Å². The number of imidazole rings is 1. The number of carbonyl (C=O) groups is 1. The van der Waals surface area contributed by atoms with Crippen molar-refractivity contribution < 1.29 is 14.3 Å². The molecule has 0 saturated carbocycles. The van der Waals surface area contributed by atoms with Gasteiger partial charge in [0.2, 0.25) is 0 Å². The number of rotatable bonds is 5. The van der Waals surface area contributed by atoms with Crippen molar-refractivity contribution in [1.82, 2.24) is 9.38 Å². The third-order valence-electron chi connectivity index (χ3n) is 4.17. The van der Waals surface area contributed by atoms with Crippen LogP contribution in [0.5, 0.6) is 11.5 Å². The van der Waals surface area contributed by atoms with E-state index in [4.69, 9.17) is 9.47 Å². The van der Waals surface area contributed by atoms with E-state index in [0.29, 0.717) is 22.9 Å². The van der Waals surface area contributed by atoms with Crippen molar-refractivity contribution in [2.45, 2.75) is 0 Å². The largest absolute Gasteiger partial charge is 0.497 e. The number of benzene rings is 2. The Morgan fingerprint density at radius 1 is 1.11 bits per heavy atom. The van der Waals surface area contributed by atoms with E-state index in [2.05, 4.69) is 15.6 Å². The molecule has 0 bridgehead atoms. The molecule has 8 heteroatoms. The monoisotopic (exact) mass is 394 g/mol. The van der Waals surface area contributed by atoms with E-state index in [1.807, 2.05) is 46.4 Å². The molecule has 2 amide bonds. The van der Waals surface area contributed by atoms with E-state index >= 15 is 0 Å². The van der Waals surface area contributed by atoms with Gasteiger partial charge in [-0.15, -0.1) is 11.3 Å². The van der Waals surface area contributed by atoms with E-state index in [9.17, 15) is 4.79 Å². The molecule has 2 aromatic carbocycles. The number of hydrogen-bond donors (Lipinski definition) is 2. The predicted molar refractivity (Wildman–Crippen MR) is 111 cm³/mol.